The van der Waals surface area contributed by atoms with Crippen LogP contribution in [0.25, 0.3) is 0 Å². The second kappa shape index (κ2) is 4.66. The third kappa shape index (κ3) is 2.51. The lowest BCUT2D eigenvalue weighted by Crippen LogP contribution is -2.24. The maximum atomic E-state index is 11.2. The Morgan fingerprint density at radius 2 is 2.22 bits per heavy atom. The highest BCUT2D eigenvalue weighted by atomic mass is 16.4. The standard InChI is InChI=1S/C11H9N3O4/c15-9-6-14(11(18)13-9)12-5-7-2-1-3-8(4-7)10(16)17/h1-5H,6H2,(H,16,17)(H,13,15,18)/b12-5+. The Hall–Kier alpha value is -2.70. The second-order valence-electron chi connectivity index (χ2n) is 3.59. The molecule has 1 aliphatic rings. The van der Waals surface area contributed by atoms with Crippen molar-refractivity contribution in [1.82, 2.24) is 10.3 Å². The molecule has 1 saturated heterocycles. The lowest BCUT2D eigenvalue weighted by Gasteiger charge is -2.04. The number of hydrazone groups is 1. The van der Waals surface area contributed by atoms with Gasteiger partial charge in [-0.2, -0.15) is 5.10 Å². The summed E-state index contributed by atoms with van der Waals surface area (Å²) in [6.45, 7) is -0.131. The van der Waals surface area contributed by atoms with E-state index in [1.165, 1.54) is 18.3 Å². The van der Waals surface area contributed by atoms with Crippen LogP contribution in [0.5, 0.6) is 0 Å². The predicted molar refractivity (Wildman–Crippen MR) is 61.2 cm³/mol. The van der Waals surface area contributed by atoms with Gasteiger partial charge in [0.2, 0.25) is 5.91 Å². The Bertz CT molecular complexity index is 553. The minimum Gasteiger partial charge on any atom is -0.478 e. The van der Waals surface area contributed by atoms with Crippen molar-refractivity contribution in [1.29, 1.82) is 0 Å². The molecule has 0 spiro atoms. The fourth-order valence-electron chi connectivity index (χ4n) is 1.41. The van der Waals surface area contributed by atoms with Crippen molar-refractivity contribution in [2.75, 3.05) is 6.54 Å². The van der Waals surface area contributed by atoms with Crippen LogP contribution in [-0.4, -0.2) is 40.8 Å². The summed E-state index contributed by atoms with van der Waals surface area (Å²) in [5.41, 5.74) is 0.656. The number of benzene rings is 1. The van der Waals surface area contributed by atoms with Gasteiger partial charge >= 0.3 is 12.0 Å². The molecule has 0 bridgehead atoms. The van der Waals surface area contributed by atoms with E-state index in [0.29, 0.717) is 5.56 Å². The first-order valence-corrected chi connectivity index (χ1v) is 5.05. The quantitative estimate of drug-likeness (QED) is 0.591. The van der Waals surface area contributed by atoms with Gasteiger partial charge in [0.05, 0.1) is 11.8 Å². The molecule has 92 valence electrons. The van der Waals surface area contributed by atoms with Crippen LogP contribution in [0.3, 0.4) is 0 Å². The van der Waals surface area contributed by atoms with Gasteiger partial charge in [-0.3, -0.25) is 10.1 Å². The molecule has 1 aromatic carbocycles. The monoisotopic (exact) mass is 247 g/mol. The van der Waals surface area contributed by atoms with Crippen LogP contribution in [0.1, 0.15) is 15.9 Å². The molecule has 1 aliphatic heterocycles. The summed E-state index contributed by atoms with van der Waals surface area (Å²) >= 11 is 0. The zero-order valence-electron chi connectivity index (χ0n) is 9.16. The average molecular weight is 247 g/mol. The molecule has 7 heteroatoms. The smallest absolute Gasteiger partial charge is 0.344 e. The third-order valence-corrected chi connectivity index (χ3v) is 2.25. The molecule has 2 N–H and O–H groups in total. The number of urea groups is 1. The minimum atomic E-state index is -1.04. The number of hydrogen-bond donors (Lipinski definition) is 2. The summed E-state index contributed by atoms with van der Waals surface area (Å²) in [6.07, 6.45) is 1.32. The van der Waals surface area contributed by atoms with Gasteiger partial charge in [-0.1, -0.05) is 12.1 Å². The maximum Gasteiger partial charge on any atom is 0.344 e. The second-order valence-corrected chi connectivity index (χ2v) is 3.59. The first kappa shape index (κ1) is 11.8. The van der Waals surface area contributed by atoms with E-state index < -0.39 is 17.9 Å². The number of carbonyl (C=O) groups excluding carboxylic acids is 2. The van der Waals surface area contributed by atoms with Crippen molar-refractivity contribution in [2.45, 2.75) is 0 Å². The van der Waals surface area contributed by atoms with E-state index in [2.05, 4.69) is 10.4 Å². The highest BCUT2D eigenvalue weighted by Gasteiger charge is 2.25. The van der Waals surface area contributed by atoms with E-state index in [1.54, 1.807) is 12.1 Å². The van der Waals surface area contributed by atoms with E-state index in [4.69, 9.17) is 5.11 Å². The fraction of sp³-hybridized carbons (Fsp3) is 0.0909. The highest BCUT2D eigenvalue weighted by Crippen LogP contribution is 2.04. The minimum absolute atomic E-state index is 0.126. The topological polar surface area (TPSA) is 99.1 Å². The molecule has 1 heterocycles. The van der Waals surface area contributed by atoms with Crippen LogP contribution in [-0.2, 0) is 4.79 Å². The summed E-state index contributed by atoms with van der Waals surface area (Å²) in [5, 5.41) is 15.7. The van der Waals surface area contributed by atoms with Gasteiger partial charge in [0.25, 0.3) is 0 Å². The van der Waals surface area contributed by atoms with E-state index in [1.807, 2.05) is 0 Å². The molecule has 1 aromatic rings. The molecule has 7 nitrogen and oxygen atoms in total. The van der Waals surface area contributed by atoms with Crippen molar-refractivity contribution in [3.63, 3.8) is 0 Å². The highest BCUT2D eigenvalue weighted by molar-refractivity contribution is 6.02. The van der Waals surface area contributed by atoms with E-state index in [-0.39, 0.29) is 12.1 Å². The van der Waals surface area contributed by atoms with Gasteiger partial charge in [-0.25, -0.2) is 14.6 Å². The average Bonchev–Trinajstić information content (AvgIpc) is 2.65. The molecule has 0 atom stereocenters. The van der Waals surface area contributed by atoms with Crippen LogP contribution in [0.15, 0.2) is 29.4 Å². The van der Waals surface area contributed by atoms with Gasteiger partial charge in [-0.05, 0) is 17.7 Å². The molecule has 18 heavy (non-hydrogen) atoms. The normalized spacial score (nSPS) is 15.2. The number of carboxylic acids is 1. The van der Waals surface area contributed by atoms with Crippen LogP contribution in [0.4, 0.5) is 4.79 Å². The predicted octanol–water partition coefficient (Wildman–Crippen LogP) is 0.270. The molecular weight excluding hydrogens is 238 g/mol. The molecule has 2 rings (SSSR count). The van der Waals surface area contributed by atoms with Crippen LogP contribution >= 0.6 is 0 Å². The number of nitrogens with zero attached hydrogens (tertiary/aromatic N) is 2. The Kier molecular flexibility index (Phi) is 3.05. The summed E-state index contributed by atoms with van der Waals surface area (Å²) in [6, 6.07) is 5.49. The number of carbonyl (C=O) groups is 3. The zero-order valence-corrected chi connectivity index (χ0v) is 9.16. The first-order chi connectivity index (χ1) is 8.56. The largest absolute Gasteiger partial charge is 0.478 e. The van der Waals surface area contributed by atoms with Crippen molar-refractivity contribution in [3.05, 3.63) is 35.4 Å². The van der Waals surface area contributed by atoms with Gasteiger partial charge in [0.15, 0.2) is 0 Å². The SMILES string of the molecule is O=C1CN(/N=C/c2cccc(C(=O)O)c2)C(=O)N1. The van der Waals surface area contributed by atoms with Gasteiger partial charge < -0.3 is 5.11 Å². The lowest BCUT2D eigenvalue weighted by atomic mass is 10.1. The van der Waals surface area contributed by atoms with Crippen molar-refractivity contribution in [3.8, 4) is 0 Å². The summed E-state index contributed by atoms with van der Waals surface area (Å²) in [5.74, 6) is -1.46. The first-order valence-electron chi connectivity index (χ1n) is 5.05. The maximum absolute atomic E-state index is 11.2. The third-order valence-electron chi connectivity index (χ3n) is 2.25. The molecule has 3 amide bonds. The van der Waals surface area contributed by atoms with E-state index in [0.717, 1.165) is 5.01 Å². The molecule has 0 saturated carbocycles. The van der Waals surface area contributed by atoms with E-state index >= 15 is 0 Å². The fourth-order valence-corrected chi connectivity index (χ4v) is 1.41. The van der Waals surface area contributed by atoms with Crippen molar-refractivity contribution >= 4 is 24.1 Å². The van der Waals surface area contributed by atoms with E-state index in [9.17, 15) is 14.4 Å². The van der Waals surface area contributed by atoms with Crippen LogP contribution < -0.4 is 5.32 Å². The summed E-state index contributed by atoms with van der Waals surface area (Å²) < 4.78 is 0. The Balaban J connectivity index is 2.14. The number of nitrogens with one attached hydrogen (secondary N) is 1. The number of aromatic carboxylic acids is 1. The number of carboxylic acid groups (broad SMARTS) is 1. The zero-order chi connectivity index (χ0) is 13.1. The molecular formula is C11H9N3O4. The molecule has 0 aliphatic carbocycles. The van der Waals surface area contributed by atoms with Crippen LogP contribution in [0, 0.1) is 0 Å². The lowest BCUT2D eigenvalue weighted by molar-refractivity contribution is -0.118. The number of imide groups is 1. The van der Waals surface area contributed by atoms with Crippen LogP contribution in [0.2, 0.25) is 0 Å². The van der Waals surface area contributed by atoms with Gasteiger partial charge in [0.1, 0.15) is 6.54 Å². The van der Waals surface area contributed by atoms with Gasteiger partial charge in [-0.15, -0.1) is 0 Å². The molecule has 1 fully saturated rings. The van der Waals surface area contributed by atoms with Gasteiger partial charge in [0, 0.05) is 0 Å². The Labute approximate surface area is 102 Å². The summed E-state index contributed by atoms with van der Waals surface area (Å²) in [4.78, 5) is 32.8. The number of hydrogen-bond acceptors (Lipinski definition) is 4. The van der Waals surface area contributed by atoms with Crippen molar-refractivity contribution < 1.29 is 19.5 Å². The molecule has 0 unspecified atom stereocenters. The number of rotatable bonds is 3. The summed E-state index contributed by atoms with van der Waals surface area (Å²) in [7, 11) is 0. The molecule has 0 radical (unpaired) electrons. The Morgan fingerprint density at radius 3 is 2.83 bits per heavy atom. The Morgan fingerprint density at radius 1 is 1.44 bits per heavy atom. The molecule has 0 aromatic heterocycles. The number of amides is 3. The van der Waals surface area contributed by atoms with Crippen molar-refractivity contribution in [2.24, 2.45) is 5.10 Å².